The highest BCUT2D eigenvalue weighted by Gasteiger charge is 2.30. The minimum absolute atomic E-state index is 0.388. The molecule has 2 fully saturated rings. The molecule has 0 bridgehead atoms. The van der Waals surface area contributed by atoms with Crippen molar-refractivity contribution in [1.82, 2.24) is 0 Å². The van der Waals surface area contributed by atoms with E-state index in [-0.39, 0.29) is 5.60 Å². The molecule has 2 heteroatoms. The molecular weight excluding hydrogens is 176 g/mol. The van der Waals surface area contributed by atoms with Crippen LogP contribution in [0.15, 0.2) is 0 Å². The monoisotopic (exact) mass is 198 g/mol. The minimum Gasteiger partial charge on any atom is -0.390 e. The van der Waals surface area contributed by atoms with Gasteiger partial charge in [-0.1, -0.05) is 25.7 Å². The van der Waals surface area contributed by atoms with Gasteiger partial charge in [0.1, 0.15) is 0 Å². The SMILES string of the molecule is OC1(CCC2CCCC2)CCOCC1. The van der Waals surface area contributed by atoms with E-state index in [2.05, 4.69) is 0 Å². The molecule has 1 saturated carbocycles. The second-order valence-corrected chi connectivity index (χ2v) is 5.03. The average Bonchev–Trinajstić information content (AvgIpc) is 2.69. The van der Waals surface area contributed by atoms with E-state index in [0.29, 0.717) is 0 Å². The van der Waals surface area contributed by atoms with Gasteiger partial charge in [-0.25, -0.2) is 0 Å². The first kappa shape index (κ1) is 10.4. The predicted octanol–water partition coefficient (Wildman–Crippen LogP) is 2.50. The lowest BCUT2D eigenvalue weighted by molar-refractivity contribution is -0.0706. The van der Waals surface area contributed by atoms with E-state index in [1.54, 1.807) is 0 Å². The predicted molar refractivity (Wildman–Crippen MR) is 56.2 cm³/mol. The van der Waals surface area contributed by atoms with Gasteiger partial charge in [0.05, 0.1) is 5.60 Å². The van der Waals surface area contributed by atoms with Gasteiger partial charge in [-0.15, -0.1) is 0 Å². The molecule has 0 radical (unpaired) electrons. The zero-order chi connectivity index (χ0) is 9.86. The summed E-state index contributed by atoms with van der Waals surface area (Å²) in [6.45, 7) is 1.50. The first-order valence-corrected chi connectivity index (χ1v) is 6.09. The Labute approximate surface area is 86.6 Å². The van der Waals surface area contributed by atoms with E-state index in [0.717, 1.165) is 38.4 Å². The summed E-state index contributed by atoms with van der Waals surface area (Å²) in [5.41, 5.74) is -0.388. The molecule has 82 valence electrons. The van der Waals surface area contributed by atoms with E-state index in [1.807, 2.05) is 0 Å². The highest BCUT2D eigenvalue weighted by molar-refractivity contribution is 4.82. The molecule has 0 atom stereocenters. The van der Waals surface area contributed by atoms with Gasteiger partial charge in [0.2, 0.25) is 0 Å². The first-order valence-electron chi connectivity index (χ1n) is 6.09. The van der Waals surface area contributed by atoms with Gasteiger partial charge in [0, 0.05) is 13.2 Å². The zero-order valence-corrected chi connectivity index (χ0v) is 9.00. The van der Waals surface area contributed by atoms with Crippen LogP contribution in [0.2, 0.25) is 0 Å². The summed E-state index contributed by atoms with van der Waals surface area (Å²) in [6, 6.07) is 0. The lowest BCUT2D eigenvalue weighted by Gasteiger charge is -2.32. The van der Waals surface area contributed by atoms with Gasteiger partial charge in [0.15, 0.2) is 0 Å². The Bertz CT molecular complexity index is 167. The number of rotatable bonds is 3. The standard InChI is InChI=1S/C12H22O2/c13-12(7-9-14-10-8-12)6-5-11-3-1-2-4-11/h11,13H,1-10H2. The normalized spacial score (nSPS) is 28.1. The summed E-state index contributed by atoms with van der Waals surface area (Å²) >= 11 is 0. The Balaban J connectivity index is 1.72. The largest absolute Gasteiger partial charge is 0.390 e. The Morgan fingerprint density at radius 2 is 1.79 bits per heavy atom. The maximum Gasteiger partial charge on any atom is 0.0691 e. The van der Waals surface area contributed by atoms with Crippen LogP contribution in [0.25, 0.3) is 0 Å². The zero-order valence-electron chi connectivity index (χ0n) is 9.00. The lowest BCUT2D eigenvalue weighted by atomic mass is 9.86. The van der Waals surface area contributed by atoms with Crippen LogP contribution in [-0.2, 0) is 4.74 Å². The average molecular weight is 198 g/mol. The van der Waals surface area contributed by atoms with Gasteiger partial charge in [-0.3, -0.25) is 0 Å². The van der Waals surface area contributed by atoms with Crippen molar-refractivity contribution < 1.29 is 9.84 Å². The summed E-state index contributed by atoms with van der Waals surface area (Å²) in [7, 11) is 0. The lowest BCUT2D eigenvalue weighted by Crippen LogP contribution is -2.36. The molecule has 0 unspecified atom stereocenters. The van der Waals surface area contributed by atoms with Gasteiger partial charge in [-0.05, 0) is 31.6 Å². The number of hydrogen-bond acceptors (Lipinski definition) is 2. The van der Waals surface area contributed by atoms with Crippen LogP contribution < -0.4 is 0 Å². The molecule has 0 spiro atoms. The first-order chi connectivity index (χ1) is 6.79. The smallest absolute Gasteiger partial charge is 0.0691 e. The highest BCUT2D eigenvalue weighted by Crippen LogP contribution is 2.33. The summed E-state index contributed by atoms with van der Waals surface area (Å²) < 4.78 is 5.28. The molecule has 1 heterocycles. The second-order valence-electron chi connectivity index (χ2n) is 5.03. The van der Waals surface area contributed by atoms with Crippen molar-refractivity contribution >= 4 is 0 Å². The minimum atomic E-state index is -0.388. The van der Waals surface area contributed by atoms with Gasteiger partial charge >= 0.3 is 0 Å². The van der Waals surface area contributed by atoms with E-state index in [9.17, 15) is 5.11 Å². The summed E-state index contributed by atoms with van der Waals surface area (Å²) in [4.78, 5) is 0. The molecule has 1 saturated heterocycles. The highest BCUT2D eigenvalue weighted by atomic mass is 16.5. The van der Waals surface area contributed by atoms with Crippen molar-refractivity contribution in [2.24, 2.45) is 5.92 Å². The molecule has 0 aromatic rings. The third-order valence-corrected chi connectivity index (χ3v) is 3.92. The Morgan fingerprint density at radius 1 is 1.14 bits per heavy atom. The molecule has 0 amide bonds. The van der Waals surface area contributed by atoms with Crippen molar-refractivity contribution in [2.75, 3.05) is 13.2 Å². The van der Waals surface area contributed by atoms with Crippen LogP contribution in [0.5, 0.6) is 0 Å². The van der Waals surface area contributed by atoms with Crippen LogP contribution >= 0.6 is 0 Å². The van der Waals surface area contributed by atoms with Crippen molar-refractivity contribution in [3.05, 3.63) is 0 Å². The molecule has 1 N–H and O–H groups in total. The van der Waals surface area contributed by atoms with Crippen LogP contribution in [0.1, 0.15) is 51.4 Å². The molecule has 1 aliphatic carbocycles. The van der Waals surface area contributed by atoms with Crippen molar-refractivity contribution in [1.29, 1.82) is 0 Å². The fourth-order valence-electron chi connectivity index (χ4n) is 2.77. The molecule has 0 aromatic carbocycles. The molecule has 2 aliphatic rings. The van der Waals surface area contributed by atoms with E-state index >= 15 is 0 Å². The summed E-state index contributed by atoms with van der Waals surface area (Å²) in [5, 5.41) is 10.3. The number of ether oxygens (including phenoxy) is 1. The molecule has 14 heavy (non-hydrogen) atoms. The van der Waals surface area contributed by atoms with Crippen LogP contribution in [0.3, 0.4) is 0 Å². The Hall–Kier alpha value is -0.0800. The number of hydrogen-bond donors (Lipinski definition) is 1. The van der Waals surface area contributed by atoms with Crippen LogP contribution in [0, 0.1) is 5.92 Å². The second kappa shape index (κ2) is 4.63. The van der Waals surface area contributed by atoms with Crippen LogP contribution in [0.4, 0.5) is 0 Å². The summed E-state index contributed by atoms with van der Waals surface area (Å²) in [5.74, 6) is 0.905. The summed E-state index contributed by atoms with van der Waals surface area (Å²) in [6.07, 6.45) is 9.54. The molecule has 0 aromatic heterocycles. The van der Waals surface area contributed by atoms with E-state index in [4.69, 9.17) is 4.74 Å². The van der Waals surface area contributed by atoms with Crippen molar-refractivity contribution in [3.63, 3.8) is 0 Å². The molecule has 2 rings (SSSR count). The third kappa shape index (κ3) is 2.71. The van der Waals surface area contributed by atoms with Gasteiger partial charge in [0.25, 0.3) is 0 Å². The van der Waals surface area contributed by atoms with Gasteiger partial charge < -0.3 is 9.84 Å². The maximum atomic E-state index is 10.3. The fourth-order valence-corrected chi connectivity index (χ4v) is 2.77. The van der Waals surface area contributed by atoms with E-state index in [1.165, 1.54) is 32.1 Å². The Morgan fingerprint density at radius 3 is 2.43 bits per heavy atom. The molecule has 2 nitrogen and oxygen atoms in total. The molecule has 1 aliphatic heterocycles. The molecular formula is C12H22O2. The van der Waals surface area contributed by atoms with Crippen LogP contribution in [-0.4, -0.2) is 23.9 Å². The van der Waals surface area contributed by atoms with Crippen molar-refractivity contribution in [3.8, 4) is 0 Å². The van der Waals surface area contributed by atoms with Gasteiger partial charge in [-0.2, -0.15) is 0 Å². The number of aliphatic hydroxyl groups is 1. The topological polar surface area (TPSA) is 29.5 Å². The Kier molecular flexibility index (Phi) is 3.45. The van der Waals surface area contributed by atoms with E-state index < -0.39 is 0 Å². The fraction of sp³-hybridized carbons (Fsp3) is 1.00. The quantitative estimate of drug-likeness (QED) is 0.755. The third-order valence-electron chi connectivity index (χ3n) is 3.92. The van der Waals surface area contributed by atoms with Crippen molar-refractivity contribution in [2.45, 2.75) is 57.0 Å². The maximum absolute atomic E-state index is 10.3.